The Hall–Kier alpha value is -2.91. The maximum Gasteiger partial charge on any atom is 0.134 e. The quantitative estimate of drug-likeness (QED) is 0.342. The lowest BCUT2D eigenvalue weighted by Gasteiger charge is -2.26. The van der Waals surface area contributed by atoms with Crippen LogP contribution in [-0.2, 0) is 0 Å². The van der Waals surface area contributed by atoms with Crippen LogP contribution in [0.1, 0.15) is 19.8 Å². The van der Waals surface area contributed by atoms with Crippen LogP contribution in [0, 0.1) is 0 Å². The molecule has 1 unspecified atom stereocenters. The third-order valence-electron chi connectivity index (χ3n) is 5.59. The Morgan fingerprint density at radius 1 is 0.667 bits per heavy atom. The van der Waals surface area contributed by atoms with Gasteiger partial charge in [0.1, 0.15) is 28.7 Å². The van der Waals surface area contributed by atoms with Crippen LogP contribution in [0.25, 0.3) is 11.1 Å². The Morgan fingerprint density at radius 2 is 1.24 bits per heavy atom. The normalized spacial score (nSPS) is 11.6. The van der Waals surface area contributed by atoms with E-state index >= 15 is 0 Å². The standard InChI is InChI=1S/C27H33O5P/c1-7-8-16-33(27-23(31-5)17-19(28-2)18-24(27)32-6)25-15-10-9-12-20(25)26-21(29-3)13-11-14-22(26)30-4/h9-15,17-18H,7-8,16H2,1-6H3. The molecule has 176 valence electrons. The molecule has 1 atom stereocenters. The van der Waals surface area contributed by atoms with Crippen LogP contribution in [0.4, 0.5) is 0 Å². The lowest BCUT2D eigenvalue weighted by atomic mass is 10.0. The fourth-order valence-electron chi connectivity index (χ4n) is 3.96. The number of rotatable bonds is 11. The lowest BCUT2D eigenvalue weighted by Crippen LogP contribution is -2.20. The highest BCUT2D eigenvalue weighted by atomic mass is 31.1. The zero-order valence-electron chi connectivity index (χ0n) is 20.3. The van der Waals surface area contributed by atoms with E-state index in [2.05, 4.69) is 31.2 Å². The molecule has 6 heteroatoms. The fourth-order valence-corrected chi connectivity index (χ4v) is 6.88. The molecule has 0 bridgehead atoms. The number of methoxy groups -OCH3 is 5. The molecule has 0 aliphatic heterocycles. The van der Waals surface area contributed by atoms with Gasteiger partial charge in [-0.1, -0.05) is 43.7 Å². The smallest absolute Gasteiger partial charge is 0.134 e. The zero-order chi connectivity index (χ0) is 23.8. The van der Waals surface area contributed by atoms with Crippen molar-refractivity contribution >= 4 is 18.5 Å². The average Bonchev–Trinajstić information content (AvgIpc) is 2.88. The molecule has 0 amide bonds. The largest absolute Gasteiger partial charge is 0.496 e. The molecule has 0 N–H and O–H groups in total. The van der Waals surface area contributed by atoms with Crippen LogP contribution in [0.5, 0.6) is 28.7 Å². The van der Waals surface area contributed by atoms with Crippen molar-refractivity contribution < 1.29 is 23.7 Å². The van der Waals surface area contributed by atoms with E-state index in [-0.39, 0.29) is 0 Å². The molecule has 5 nitrogen and oxygen atoms in total. The summed E-state index contributed by atoms with van der Waals surface area (Å²) in [6, 6.07) is 18.2. The van der Waals surface area contributed by atoms with E-state index in [0.717, 1.165) is 58.4 Å². The first-order chi connectivity index (χ1) is 16.1. The van der Waals surface area contributed by atoms with Crippen molar-refractivity contribution in [3.05, 3.63) is 54.6 Å². The third kappa shape index (κ3) is 5.20. The summed E-state index contributed by atoms with van der Waals surface area (Å²) in [6.45, 7) is 2.21. The number of ether oxygens (including phenoxy) is 5. The van der Waals surface area contributed by atoms with Gasteiger partial charge in [-0.2, -0.15) is 0 Å². The van der Waals surface area contributed by atoms with Gasteiger partial charge >= 0.3 is 0 Å². The molecule has 0 saturated carbocycles. The SMILES string of the molecule is CCCCP(c1ccccc1-c1c(OC)cccc1OC)c1c(OC)cc(OC)cc1OC. The number of hydrogen-bond acceptors (Lipinski definition) is 5. The molecular weight excluding hydrogens is 435 g/mol. The maximum atomic E-state index is 5.85. The molecule has 3 aromatic carbocycles. The Morgan fingerprint density at radius 3 is 1.76 bits per heavy atom. The van der Waals surface area contributed by atoms with E-state index in [1.807, 2.05) is 30.3 Å². The van der Waals surface area contributed by atoms with Crippen molar-refractivity contribution in [2.75, 3.05) is 41.7 Å². The second-order valence-corrected chi connectivity index (χ2v) is 9.67. The summed E-state index contributed by atoms with van der Waals surface area (Å²) in [4.78, 5) is 0. The van der Waals surface area contributed by atoms with E-state index in [0.29, 0.717) is 5.75 Å². The van der Waals surface area contributed by atoms with Crippen LogP contribution in [0.3, 0.4) is 0 Å². The minimum Gasteiger partial charge on any atom is -0.496 e. The summed E-state index contributed by atoms with van der Waals surface area (Å²) >= 11 is 0. The minimum atomic E-state index is -0.823. The second-order valence-electron chi connectivity index (χ2n) is 7.44. The molecule has 0 saturated heterocycles. The topological polar surface area (TPSA) is 46.2 Å². The van der Waals surface area contributed by atoms with E-state index in [1.165, 1.54) is 5.30 Å². The summed E-state index contributed by atoms with van der Waals surface area (Å²) in [5.74, 6) is 3.81. The Labute approximate surface area is 198 Å². The van der Waals surface area contributed by atoms with Crippen molar-refractivity contribution in [1.29, 1.82) is 0 Å². The highest BCUT2D eigenvalue weighted by molar-refractivity contribution is 7.73. The fraction of sp³-hybridized carbons (Fsp3) is 0.333. The van der Waals surface area contributed by atoms with Gasteiger partial charge in [-0.3, -0.25) is 0 Å². The van der Waals surface area contributed by atoms with E-state index in [9.17, 15) is 0 Å². The van der Waals surface area contributed by atoms with Gasteiger partial charge in [0.25, 0.3) is 0 Å². The first-order valence-electron chi connectivity index (χ1n) is 11.0. The molecule has 0 aromatic heterocycles. The average molecular weight is 469 g/mol. The van der Waals surface area contributed by atoms with Gasteiger partial charge in [0.2, 0.25) is 0 Å². The molecular formula is C27H33O5P. The van der Waals surface area contributed by atoms with Gasteiger partial charge < -0.3 is 23.7 Å². The van der Waals surface area contributed by atoms with Crippen molar-refractivity contribution in [3.8, 4) is 39.9 Å². The van der Waals surface area contributed by atoms with Crippen LogP contribution in [-0.4, -0.2) is 41.7 Å². The molecule has 33 heavy (non-hydrogen) atoms. The predicted molar refractivity (Wildman–Crippen MR) is 137 cm³/mol. The first kappa shape index (κ1) is 24.7. The third-order valence-corrected chi connectivity index (χ3v) is 8.30. The molecule has 0 heterocycles. The van der Waals surface area contributed by atoms with E-state index < -0.39 is 7.92 Å². The molecule has 3 aromatic rings. The Bertz CT molecular complexity index is 1020. The molecule has 0 fully saturated rings. The predicted octanol–water partition coefficient (Wildman–Crippen LogP) is 5.63. The Kier molecular flexibility index (Phi) is 8.85. The van der Waals surface area contributed by atoms with Crippen LogP contribution >= 0.6 is 7.92 Å². The van der Waals surface area contributed by atoms with Gasteiger partial charge in [0, 0.05) is 12.1 Å². The summed E-state index contributed by atoms with van der Waals surface area (Å²) in [6.07, 6.45) is 3.18. The summed E-state index contributed by atoms with van der Waals surface area (Å²) < 4.78 is 28.7. The van der Waals surface area contributed by atoms with Gasteiger partial charge in [0.05, 0.1) is 46.4 Å². The van der Waals surface area contributed by atoms with Crippen LogP contribution < -0.4 is 34.3 Å². The monoisotopic (exact) mass is 468 g/mol. The van der Waals surface area contributed by atoms with E-state index in [1.54, 1.807) is 35.5 Å². The van der Waals surface area contributed by atoms with Crippen LogP contribution in [0.15, 0.2) is 54.6 Å². The highest BCUT2D eigenvalue weighted by Gasteiger charge is 2.27. The maximum absolute atomic E-state index is 5.85. The number of benzene rings is 3. The van der Waals surface area contributed by atoms with Gasteiger partial charge in [-0.15, -0.1) is 0 Å². The molecule has 0 aliphatic carbocycles. The lowest BCUT2D eigenvalue weighted by molar-refractivity contribution is 0.380. The summed E-state index contributed by atoms with van der Waals surface area (Å²) in [7, 11) is 7.60. The van der Waals surface area contributed by atoms with Crippen molar-refractivity contribution in [2.45, 2.75) is 19.8 Å². The van der Waals surface area contributed by atoms with Crippen molar-refractivity contribution in [3.63, 3.8) is 0 Å². The molecule has 0 aliphatic rings. The van der Waals surface area contributed by atoms with Gasteiger partial charge in [-0.05, 0) is 43.5 Å². The Balaban J connectivity index is 2.31. The van der Waals surface area contributed by atoms with Gasteiger partial charge in [-0.25, -0.2) is 0 Å². The molecule has 0 radical (unpaired) electrons. The summed E-state index contributed by atoms with van der Waals surface area (Å²) in [5.41, 5.74) is 2.04. The van der Waals surface area contributed by atoms with Gasteiger partial charge in [0.15, 0.2) is 0 Å². The second kappa shape index (κ2) is 11.8. The van der Waals surface area contributed by atoms with Crippen molar-refractivity contribution in [1.82, 2.24) is 0 Å². The first-order valence-corrected chi connectivity index (χ1v) is 12.5. The van der Waals surface area contributed by atoms with E-state index in [4.69, 9.17) is 23.7 Å². The molecule has 0 spiro atoms. The summed E-state index contributed by atoms with van der Waals surface area (Å²) in [5, 5.41) is 2.30. The molecule has 3 rings (SSSR count). The highest BCUT2D eigenvalue weighted by Crippen LogP contribution is 2.48. The van der Waals surface area contributed by atoms with Crippen molar-refractivity contribution in [2.24, 2.45) is 0 Å². The van der Waals surface area contributed by atoms with Crippen LogP contribution in [0.2, 0.25) is 0 Å². The zero-order valence-corrected chi connectivity index (χ0v) is 21.2. The minimum absolute atomic E-state index is 0.706. The number of hydrogen-bond donors (Lipinski definition) is 0. The number of unbranched alkanes of at least 4 members (excludes halogenated alkanes) is 1.